The van der Waals surface area contributed by atoms with E-state index in [1.807, 2.05) is 6.26 Å². The molecule has 1 aromatic rings. The molecule has 0 saturated heterocycles. The molecule has 0 aliphatic carbocycles. The molecule has 1 amide bonds. The first-order valence-corrected chi connectivity index (χ1v) is 6.61. The molecule has 0 bridgehead atoms. The van der Waals surface area contributed by atoms with Gasteiger partial charge in [0.25, 0.3) is 5.91 Å². The average molecular weight is 255 g/mol. The van der Waals surface area contributed by atoms with Crippen LogP contribution in [0.4, 0.5) is 0 Å². The lowest BCUT2D eigenvalue weighted by Gasteiger charge is -2.09. The monoisotopic (exact) mass is 255 g/mol. The maximum Gasteiger partial charge on any atom is 0.251 e. The molecule has 0 spiro atoms. The highest BCUT2D eigenvalue weighted by atomic mass is 32.2. The van der Waals surface area contributed by atoms with Crippen molar-refractivity contribution in [3.63, 3.8) is 0 Å². The number of thioether (sulfide) groups is 1. The van der Waals surface area contributed by atoms with Crippen LogP contribution in [0.15, 0.2) is 18.2 Å². The van der Waals surface area contributed by atoms with Crippen molar-refractivity contribution in [1.29, 1.82) is 0 Å². The smallest absolute Gasteiger partial charge is 0.251 e. The summed E-state index contributed by atoms with van der Waals surface area (Å²) in [6.07, 6.45) is 2.00. The van der Waals surface area contributed by atoms with Gasteiger partial charge in [0, 0.05) is 17.9 Å². The Hall–Kier alpha value is -1.36. The number of rotatable bonds is 6. The van der Waals surface area contributed by atoms with E-state index in [0.29, 0.717) is 23.6 Å². The largest absolute Gasteiger partial charge is 0.493 e. The van der Waals surface area contributed by atoms with E-state index in [1.54, 1.807) is 44.2 Å². The number of amides is 1. The standard InChI is InChI=1S/C12H17NO3S/c1-15-10-5-4-9(8-11(10)16-2)12(14)13-6-7-17-3/h4-5,8H,6-7H2,1-3H3,(H,13,14). The Morgan fingerprint density at radius 2 is 2.00 bits per heavy atom. The summed E-state index contributed by atoms with van der Waals surface area (Å²) in [6, 6.07) is 5.12. The van der Waals surface area contributed by atoms with Crippen LogP contribution < -0.4 is 14.8 Å². The second-order valence-electron chi connectivity index (χ2n) is 3.32. The van der Waals surface area contributed by atoms with Crippen LogP contribution >= 0.6 is 11.8 Å². The number of methoxy groups -OCH3 is 2. The van der Waals surface area contributed by atoms with E-state index in [0.717, 1.165) is 5.75 Å². The fourth-order valence-electron chi connectivity index (χ4n) is 1.35. The lowest BCUT2D eigenvalue weighted by atomic mass is 10.2. The maximum absolute atomic E-state index is 11.8. The van der Waals surface area contributed by atoms with E-state index in [1.165, 1.54) is 0 Å². The Kier molecular flexibility index (Phi) is 5.69. The Morgan fingerprint density at radius 1 is 1.29 bits per heavy atom. The first-order chi connectivity index (χ1) is 8.22. The van der Waals surface area contributed by atoms with Crippen molar-refractivity contribution in [2.24, 2.45) is 0 Å². The molecule has 0 aliphatic rings. The quantitative estimate of drug-likeness (QED) is 0.787. The summed E-state index contributed by atoms with van der Waals surface area (Å²) < 4.78 is 10.3. The van der Waals surface area contributed by atoms with Crippen molar-refractivity contribution >= 4 is 17.7 Å². The summed E-state index contributed by atoms with van der Waals surface area (Å²) in [6.45, 7) is 0.661. The number of carbonyl (C=O) groups is 1. The minimum absolute atomic E-state index is 0.0972. The van der Waals surface area contributed by atoms with E-state index in [9.17, 15) is 4.79 Å². The number of benzene rings is 1. The molecule has 0 radical (unpaired) electrons. The molecule has 17 heavy (non-hydrogen) atoms. The molecular weight excluding hydrogens is 238 g/mol. The normalized spacial score (nSPS) is 9.82. The Bertz CT molecular complexity index is 382. The molecule has 94 valence electrons. The second kappa shape index (κ2) is 7.06. The average Bonchev–Trinajstić information content (AvgIpc) is 2.38. The zero-order chi connectivity index (χ0) is 12.7. The number of nitrogens with one attached hydrogen (secondary N) is 1. The van der Waals surface area contributed by atoms with Crippen LogP contribution in [0.3, 0.4) is 0 Å². The van der Waals surface area contributed by atoms with Gasteiger partial charge in [0.05, 0.1) is 14.2 Å². The highest BCUT2D eigenvalue weighted by Gasteiger charge is 2.09. The Balaban J connectivity index is 2.74. The Morgan fingerprint density at radius 3 is 2.59 bits per heavy atom. The topological polar surface area (TPSA) is 47.6 Å². The van der Waals surface area contributed by atoms with Gasteiger partial charge in [-0.3, -0.25) is 4.79 Å². The zero-order valence-corrected chi connectivity index (χ0v) is 11.1. The lowest BCUT2D eigenvalue weighted by molar-refractivity contribution is 0.0956. The molecular formula is C12H17NO3S. The summed E-state index contributed by atoms with van der Waals surface area (Å²) in [4.78, 5) is 11.8. The van der Waals surface area contributed by atoms with Gasteiger partial charge in [-0.2, -0.15) is 11.8 Å². The summed E-state index contributed by atoms with van der Waals surface area (Å²) in [5.41, 5.74) is 0.573. The van der Waals surface area contributed by atoms with Crippen molar-refractivity contribution < 1.29 is 14.3 Å². The van der Waals surface area contributed by atoms with Crippen molar-refractivity contribution in [1.82, 2.24) is 5.32 Å². The number of carbonyl (C=O) groups excluding carboxylic acids is 1. The third-order valence-electron chi connectivity index (χ3n) is 2.24. The number of hydrogen-bond acceptors (Lipinski definition) is 4. The van der Waals surface area contributed by atoms with Gasteiger partial charge in [-0.25, -0.2) is 0 Å². The SMILES string of the molecule is COc1ccc(C(=O)NCCSC)cc1OC. The summed E-state index contributed by atoms with van der Waals surface area (Å²) in [7, 11) is 3.11. The molecule has 0 atom stereocenters. The molecule has 1 aromatic carbocycles. The summed E-state index contributed by atoms with van der Waals surface area (Å²) in [5.74, 6) is 1.98. The zero-order valence-electron chi connectivity index (χ0n) is 10.3. The van der Waals surface area contributed by atoms with Crippen LogP contribution in [-0.4, -0.2) is 38.7 Å². The minimum Gasteiger partial charge on any atom is -0.493 e. The molecule has 0 fully saturated rings. The van der Waals surface area contributed by atoms with Crippen LogP contribution in [-0.2, 0) is 0 Å². The van der Waals surface area contributed by atoms with Crippen molar-refractivity contribution in [3.8, 4) is 11.5 Å². The van der Waals surface area contributed by atoms with Crippen LogP contribution in [0.2, 0.25) is 0 Å². The van der Waals surface area contributed by atoms with Gasteiger partial charge in [-0.1, -0.05) is 0 Å². The van der Waals surface area contributed by atoms with Crippen LogP contribution in [0.5, 0.6) is 11.5 Å². The van der Waals surface area contributed by atoms with Crippen molar-refractivity contribution in [2.75, 3.05) is 32.8 Å². The van der Waals surface area contributed by atoms with Gasteiger partial charge in [-0.05, 0) is 24.5 Å². The summed E-state index contributed by atoms with van der Waals surface area (Å²) >= 11 is 1.69. The molecule has 1 rings (SSSR count). The van der Waals surface area contributed by atoms with Gasteiger partial charge in [0.2, 0.25) is 0 Å². The van der Waals surface area contributed by atoms with Crippen LogP contribution in [0.25, 0.3) is 0 Å². The molecule has 0 aliphatic heterocycles. The van der Waals surface area contributed by atoms with Gasteiger partial charge in [0.15, 0.2) is 11.5 Å². The minimum atomic E-state index is -0.0972. The molecule has 4 nitrogen and oxygen atoms in total. The molecule has 0 unspecified atom stereocenters. The van der Waals surface area contributed by atoms with Crippen molar-refractivity contribution in [2.45, 2.75) is 0 Å². The van der Waals surface area contributed by atoms with Crippen LogP contribution in [0.1, 0.15) is 10.4 Å². The molecule has 0 saturated carbocycles. The van der Waals surface area contributed by atoms with E-state index in [4.69, 9.17) is 9.47 Å². The number of ether oxygens (including phenoxy) is 2. The highest BCUT2D eigenvalue weighted by molar-refractivity contribution is 7.98. The van der Waals surface area contributed by atoms with Gasteiger partial charge < -0.3 is 14.8 Å². The molecule has 5 heteroatoms. The van der Waals surface area contributed by atoms with Gasteiger partial charge >= 0.3 is 0 Å². The van der Waals surface area contributed by atoms with E-state index < -0.39 is 0 Å². The predicted octanol–water partition coefficient (Wildman–Crippen LogP) is 1.80. The highest BCUT2D eigenvalue weighted by Crippen LogP contribution is 2.27. The van der Waals surface area contributed by atoms with Gasteiger partial charge in [-0.15, -0.1) is 0 Å². The van der Waals surface area contributed by atoms with Crippen molar-refractivity contribution in [3.05, 3.63) is 23.8 Å². The third kappa shape index (κ3) is 3.85. The molecule has 0 aromatic heterocycles. The summed E-state index contributed by atoms with van der Waals surface area (Å²) in [5, 5.41) is 2.83. The second-order valence-corrected chi connectivity index (χ2v) is 4.30. The lowest BCUT2D eigenvalue weighted by Crippen LogP contribution is -2.25. The predicted molar refractivity (Wildman–Crippen MR) is 70.3 cm³/mol. The van der Waals surface area contributed by atoms with Crippen LogP contribution in [0, 0.1) is 0 Å². The van der Waals surface area contributed by atoms with Gasteiger partial charge in [0.1, 0.15) is 0 Å². The number of hydrogen-bond donors (Lipinski definition) is 1. The fraction of sp³-hybridized carbons (Fsp3) is 0.417. The maximum atomic E-state index is 11.8. The third-order valence-corrected chi connectivity index (χ3v) is 2.85. The fourth-order valence-corrected chi connectivity index (χ4v) is 1.65. The Labute approximate surface area is 106 Å². The van der Waals surface area contributed by atoms with E-state index in [2.05, 4.69) is 5.32 Å². The molecule has 0 heterocycles. The first-order valence-electron chi connectivity index (χ1n) is 5.22. The first kappa shape index (κ1) is 13.7. The van der Waals surface area contributed by atoms with E-state index >= 15 is 0 Å². The molecule has 1 N–H and O–H groups in total. The van der Waals surface area contributed by atoms with E-state index in [-0.39, 0.29) is 5.91 Å².